The number of fused-ring (bicyclic) bond motifs is 1. The van der Waals surface area contributed by atoms with Crippen LogP contribution in [0.3, 0.4) is 0 Å². The first-order valence-corrected chi connectivity index (χ1v) is 6.80. The molecule has 1 aliphatic rings. The van der Waals surface area contributed by atoms with Gasteiger partial charge in [0.1, 0.15) is 0 Å². The van der Waals surface area contributed by atoms with Gasteiger partial charge in [-0.05, 0) is 24.7 Å². The standard InChI is InChI=1S/C14H20N4O/c1-2-17-5-6-19-12(8-17)9-18-10-16-13-7-11(15)3-4-14(13)18/h3-4,7,10,12H,2,5-6,8-9,15H2,1H3. The lowest BCUT2D eigenvalue weighted by Gasteiger charge is -2.32. The largest absolute Gasteiger partial charge is 0.399 e. The summed E-state index contributed by atoms with van der Waals surface area (Å²) in [6.45, 7) is 6.97. The number of hydrogen-bond acceptors (Lipinski definition) is 4. The molecule has 0 amide bonds. The van der Waals surface area contributed by atoms with Crippen LogP contribution >= 0.6 is 0 Å². The summed E-state index contributed by atoms with van der Waals surface area (Å²) in [6.07, 6.45) is 2.11. The van der Waals surface area contributed by atoms with Crippen molar-refractivity contribution in [2.45, 2.75) is 19.6 Å². The summed E-state index contributed by atoms with van der Waals surface area (Å²) in [5.74, 6) is 0. The summed E-state index contributed by atoms with van der Waals surface area (Å²) in [7, 11) is 0. The lowest BCUT2D eigenvalue weighted by Crippen LogP contribution is -2.43. The van der Waals surface area contributed by atoms with Gasteiger partial charge in [0.05, 0.1) is 36.6 Å². The zero-order valence-corrected chi connectivity index (χ0v) is 11.2. The number of imidazole rings is 1. The molecule has 5 nitrogen and oxygen atoms in total. The molecule has 3 rings (SSSR count). The summed E-state index contributed by atoms with van der Waals surface area (Å²) in [5, 5.41) is 0. The van der Waals surface area contributed by atoms with Gasteiger partial charge in [-0.25, -0.2) is 4.98 Å². The van der Waals surface area contributed by atoms with Crippen LogP contribution in [0.15, 0.2) is 24.5 Å². The molecule has 1 fully saturated rings. The van der Waals surface area contributed by atoms with Crippen LogP contribution in [0.2, 0.25) is 0 Å². The third-order valence-electron chi connectivity index (χ3n) is 3.72. The molecule has 102 valence electrons. The Balaban J connectivity index is 1.77. The lowest BCUT2D eigenvalue weighted by atomic mass is 10.2. The molecule has 0 spiro atoms. The van der Waals surface area contributed by atoms with Gasteiger partial charge in [-0.3, -0.25) is 4.90 Å². The number of likely N-dealkylation sites (N-methyl/N-ethyl adjacent to an activating group) is 1. The highest BCUT2D eigenvalue weighted by Gasteiger charge is 2.20. The number of ether oxygens (including phenoxy) is 1. The van der Waals surface area contributed by atoms with E-state index in [0.717, 1.165) is 49.5 Å². The molecule has 0 bridgehead atoms. The minimum atomic E-state index is 0.239. The van der Waals surface area contributed by atoms with E-state index in [1.165, 1.54) is 0 Å². The fraction of sp³-hybridized carbons (Fsp3) is 0.500. The van der Waals surface area contributed by atoms with Gasteiger partial charge in [0.2, 0.25) is 0 Å². The second-order valence-corrected chi connectivity index (χ2v) is 5.03. The summed E-state index contributed by atoms with van der Waals surface area (Å²) < 4.78 is 7.99. The van der Waals surface area contributed by atoms with Crippen molar-refractivity contribution < 1.29 is 4.74 Å². The number of nitrogen functional groups attached to an aromatic ring is 1. The van der Waals surface area contributed by atoms with E-state index < -0.39 is 0 Å². The Morgan fingerprint density at radius 3 is 3.21 bits per heavy atom. The van der Waals surface area contributed by atoms with E-state index in [9.17, 15) is 0 Å². The quantitative estimate of drug-likeness (QED) is 0.846. The molecule has 1 atom stereocenters. The molecule has 1 saturated heterocycles. The molecule has 0 saturated carbocycles. The molecule has 2 N–H and O–H groups in total. The van der Waals surface area contributed by atoms with E-state index in [4.69, 9.17) is 10.5 Å². The van der Waals surface area contributed by atoms with Gasteiger partial charge in [-0.2, -0.15) is 0 Å². The van der Waals surface area contributed by atoms with Crippen LogP contribution in [-0.2, 0) is 11.3 Å². The summed E-state index contributed by atoms with van der Waals surface area (Å²) >= 11 is 0. The number of aromatic nitrogens is 2. The molecule has 0 aliphatic carbocycles. The molecule has 1 unspecified atom stereocenters. The number of nitrogens with zero attached hydrogens (tertiary/aromatic N) is 3. The third-order valence-corrected chi connectivity index (χ3v) is 3.72. The highest BCUT2D eigenvalue weighted by Crippen LogP contribution is 2.17. The number of anilines is 1. The molecule has 2 heterocycles. The predicted octanol–water partition coefficient (Wildman–Crippen LogP) is 1.34. The van der Waals surface area contributed by atoms with Crippen molar-refractivity contribution in [2.75, 3.05) is 32.0 Å². The van der Waals surface area contributed by atoms with E-state index in [1.54, 1.807) is 0 Å². The number of hydrogen-bond donors (Lipinski definition) is 1. The number of rotatable bonds is 3. The first kappa shape index (κ1) is 12.4. The second kappa shape index (κ2) is 5.19. The number of morpholine rings is 1. The maximum Gasteiger partial charge on any atom is 0.0959 e. The summed E-state index contributed by atoms with van der Waals surface area (Å²) in [6, 6.07) is 5.85. The topological polar surface area (TPSA) is 56.3 Å². The minimum Gasteiger partial charge on any atom is -0.399 e. The van der Waals surface area contributed by atoms with Gasteiger partial charge in [0.15, 0.2) is 0 Å². The number of benzene rings is 1. The van der Waals surface area contributed by atoms with Crippen LogP contribution in [0, 0.1) is 0 Å². The van der Waals surface area contributed by atoms with E-state index >= 15 is 0 Å². The van der Waals surface area contributed by atoms with Crippen molar-refractivity contribution in [3.05, 3.63) is 24.5 Å². The van der Waals surface area contributed by atoms with Crippen molar-refractivity contribution in [1.82, 2.24) is 14.5 Å². The predicted molar refractivity (Wildman–Crippen MR) is 76.0 cm³/mol. The maximum absolute atomic E-state index is 5.84. The van der Waals surface area contributed by atoms with Gasteiger partial charge in [0, 0.05) is 18.8 Å². The Kier molecular flexibility index (Phi) is 3.40. The molecular formula is C14H20N4O. The Hall–Kier alpha value is -1.59. The van der Waals surface area contributed by atoms with Crippen LogP contribution in [0.1, 0.15) is 6.92 Å². The molecule has 0 radical (unpaired) electrons. The molecular weight excluding hydrogens is 240 g/mol. The Morgan fingerprint density at radius 2 is 2.37 bits per heavy atom. The van der Waals surface area contributed by atoms with Crippen molar-refractivity contribution in [2.24, 2.45) is 0 Å². The summed E-state index contributed by atoms with van der Waals surface area (Å²) in [5.41, 5.74) is 8.59. The molecule has 1 aromatic heterocycles. The smallest absolute Gasteiger partial charge is 0.0959 e. The van der Waals surface area contributed by atoms with Crippen LogP contribution in [0.5, 0.6) is 0 Å². The van der Waals surface area contributed by atoms with Gasteiger partial charge in [0.25, 0.3) is 0 Å². The highest BCUT2D eigenvalue weighted by atomic mass is 16.5. The average molecular weight is 260 g/mol. The maximum atomic E-state index is 5.84. The van der Waals surface area contributed by atoms with E-state index in [1.807, 2.05) is 24.5 Å². The Labute approximate surface area is 113 Å². The van der Waals surface area contributed by atoms with E-state index in [2.05, 4.69) is 21.4 Å². The van der Waals surface area contributed by atoms with Gasteiger partial charge in [-0.15, -0.1) is 0 Å². The molecule has 5 heteroatoms. The lowest BCUT2D eigenvalue weighted by molar-refractivity contribution is -0.0338. The van der Waals surface area contributed by atoms with Gasteiger partial charge >= 0.3 is 0 Å². The number of nitrogens with two attached hydrogens (primary N) is 1. The van der Waals surface area contributed by atoms with Crippen molar-refractivity contribution in [3.63, 3.8) is 0 Å². The summed E-state index contributed by atoms with van der Waals surface area (Å²) in [4.78, 5) is 6.82. The zero-order valence-electron chi connectivity index (χ0n) is 11.2. The third kappa shape index (κ3) is 2.57. The second-order valence-electron chi connectivity index (χ2n) is 5.03. The SMILES string of the molecule is CCN1CCOC(Cn2cnc3cc(N)ccc32)C1. The minimum absolute atomic E-state index is 0.239. The fourth-order valence-corrected chi connectivity index (χ4v) is 2.62. The van der Waals surface area contributed by atoms with Crippen molar-refractivity contribution >= 4 is 16.7 Å². The van der Waals surface area contributed by atoms with Crippen molar-refractivity contribution in [3.8, 4) is 0 Å². The fourth-order valence-electron chi connectivity index (χ4n) is 2.62. The van der Waals surface area contributed by atoms with Crippen LogP contribution in [0.4, 0.5) is 5.69 Å². The highest BCUT2D eigenvalue weighted by molar-refractivity contribution is 5.78. The van der Waals surface area contributed by atoms with E-state index in [-0.39, 0.29) is 6.10 Å². The monoisotopic (exact) mass is 260 g/mol. The molecule has 2 aromatic rings. The first-order valence-electron chi connectivity index (χ1n) is 6.80. The van der Waals surface area contributed by atoms with Crippen LogP contribution in [0.25, 0.3) is 11.0 Å². The Bertz CT molecular complexity index is 566. The normalized spacial score (nSPS) is 21.0. The Morgan fingerprint density at radius 1 is 1.47 bits per heavy atom. The van der Waals surface area contributed by atoms with Crippen LogP contribution in [-0.4, -0.2) is 46.8 Å². The van der Waals surface area contributed by atoms with Gasteiger partial charge in [-0.1, -0.05) is 6.92 Å². The zero-order chi connectivity index (χ0) is 13.2. The van der Waals surface area contributed by atoms with E-state index in [0.29, 0.717) is 0 Å². The first-order chi connectivity index (χ1) is 9.26. The molecule has 1 aliphatic heterocycles. The van der Waals surface area contributed by atoms with Gasteiger partial charge < -0.3 is 15.0 Å². The average Bonchev–Trinajstić information content (AvgIpc) is 2.81. The van der Waals surface area contributed by atoms with Crippen LogP contribution < -0.4 is 5.73 Å². The van der Waals surface area contributed by atoms with Crippen molar-refractivity contribution in [1.29, 1.82) is 0 Å². The molecule has 1 aromatic carbocycles. The molecule has 19 heavy (non-hydrogen) atoms.